The van der Waals surface area contributed by atoms with Gasteiger partial charge in [-0.15, -0.1) is 0 Å². The lowest BCUT2D eigenvalue weighted by Crippen LogP contribution is -2.07. The van der Waals surface area contributed by atoms with Crippen molar-refractivity contribution in [2.24, 2.45) is 5.73 Å². The number of pyridine rings is 1. The number of hydrogen-bond acceptors (Lipinski definition) is 5. The Labute approximate surface area is 93.8 Å². The van der Waals surface area contributed by atoms with Crippen molar-refractivity contribution in [2.75, 3.05) is 19.4 Å². The van der Waals surface area contributed by atoms with Gasteiger partial charge in [0.15, 0.2) is 0 Å². The number of carbonyl (C=O) groups is 1. The molecule has 0 saturated heterocycles. The molecule has 1 aromatic rings. The Morgan fingerprint density at radius 2 is 2.38 bits per heavy atom. The van der Waals surface area contributed by atoms with Gasteiger partial charge in [0, 0.05) is 24.7 Å². The van der Waals surface area contributed by atoms with Crippen molar-refractivity contribution in [3.63, 3.8) is 0 Å². The lowest BCUT2D eigenvalue weighted by atomic mass is 10.2. The average molecular weight is 219 g/mol. The molecule has 0 spiro atoms. The molecule has 1 aromatic heterocycles. The van der Waals surface area contributed by atoms with Crippen LogP contribution in [0.15, 0.2) is 12.3 Å². The quantitative estimate of drug-likeness (QED) is 0.545. The number of nitrogens with two attached hydrogens (primary N) is 2. The van der Waals surface area contributed by atoms with Gasteiger partial charge in [-0.05, 0) is 6.07 Å². The van der Waals surface area contributed by atoms with E-state index in [0.717, 1.165) is 0 Å². The van der Waals surface area contributed by atoms with Crippen molar-refractivity contribution in [3.8, 4) is 11.8 Å². The molecule has 0 aliphatic carbocycles. The van der Waals surface area contributed by atoms with E-state index in [1.165, 1.54) is 13.3 Å². The Bertz CT molecular complexity index is 446. The van der Waals surface area contributed by atoms with Gasteiger partial charge in [-0.1, -0.05) is 11.8 Å². The predicted octanol–water partition coefficient (Wildman–Crippen LogP) is 0.151. The van der Waals surface area contributed by atoms with E-state index in [1.54, 1.807) is 6.07 Å². The molecular weight excluding hydrogens is 206 g/mol. The van der Waals surface area contributed by atoms with Crippen molar-refractivity contribution in [1.82, 2.24) is 4.98 Å². The molecule has 84 valence electrons. The number of carbonyl (C=O) groups excluding carboxylic acids is 1. The third kappa shape index (κ3) is 2.97. The van der Waals surface area contributed by atoms with E-state index < -0.39 is 5.97 Å². The third-order valence-electron chi connectivity index (χ3n) is 1.83. The minimum Gasteiger partial charge on any atom is -0.465 e. The Morgan fingerprint density at radius 3 is 3.00 bits per heavy atom. The molecule has 1 heterocycles. The number of methoxy groups -OCH3 is 1. The van der Waals surface area contributed by atoms with Gasteiger partial charge in [-0.2, -0.15) is 0 Å². The lowest BCUT2D eigenvalue weighted by Gasteiger charge is -2.02. The molecule has 16 heavy (non-hydrogen) atoms. The second kappa shape index (κ2) is 5.73. The fraction of sp³-hybridized carbons (Fsp3) is 0.273. The van der Waals surface area contributed by atoms with Crippen LogP contribution in [0.3, 0.4) is 0 Å². The number of esters is 1. The van der Waals surface area contributed by atoms with Crippen LogP contribution in [-0.2, 0) is 4.74 Å². The molecule has 1 rings (SSSR count). The van der Waals surface area contributed by atoms with E-state index in [0.29, 0.717) is 18.5 Å². The molecule has 0 aromatic carbocycles. The molecule has 0 aliphatic heterocycles. The Balaban J connectivity index is 2.99. The predicted molar refractivity (Wildman–Crippen MR) is 60.5 cm³/mol. The van der Waals surface area contributed by atoms with Crippen LogP contribution in [0, 0.1) is 11.8 Å². The molecule has 0 radical (unpaired) electrons. The number of aromatic nitrogens is 1. The summed E-state index contributed by atoms with van der Waals surface area (Å²) in [6, 6.07) is 1.55. The van der Waals surface area contributed by atoms with Gasteiger partial charge < -0.3 is 16.2 Å². The Kier molecular flexibility index (Phi) is 4.30. The third-order valence-corrected chi connectivity index (χ3v) is 1.83. The molecule has 5 heteroatoms. The Hall–Kier alpha value is -2.06. The zero-order chi connectivity index (χ0) is 12.0. The van der Waals surface area contributed by atoms with Gasteiger partial charge >= 0.3 is 5.97 Å². The summed E-state index contributed by atoms with van der Waals surface area (Å²) in [5, 5.41) is 0. The summed E-state index contributed by atoms with van der Waals surface area (Å²) in [7, 11) is 1.29. The van der Waals surface area contributed by atoms with Crippen LogP contribution < -0.4 is 11.5 Å². The van der Waals surface area contributed by atoms with Gasteiger partial charge in [0.25, 0.3) is 0 Å². The van der Waals surface area contributed by atoms with Crippen molar-refractivity contribution in [3.05, 3.63) is 23.4 Å². The number of ether oxygens (including phenoxy) is 1. The van der Waals surface area contributed by atoms with Gasteiger partial charge in [0.05, 0.1) is 7.11 Å². The van der Waals surface area contributed by atoms with Crippen LogP contribution in [-0.4, -0.2) is 24.6 Å². The lowest BCUT2D eigenvalue weighted by molar-refractivity contribution is 0.0601. The number of rotatable bonds is 2. The topological polar surface area (TPSA) is 91.2 Å². The van der Waals surface area contributed by atoms with Crippen LogP contribution in [0.4, 0.5) is 5.82 Å². The van der Waals surface area contributed by atoms with Crippen molar-refractivity contribution >= 4 is 11.8 Å². The molecule has 0 fully saturated rings. The van der Waals surface area contributed by atoms with E-state index in [9.17, 15) is 4.79 Å². The molecule has 0 atom stereocenters. The van der Waals surface area contributed by atoms with Crippen molar-refractivity contribution in [1.29, 1.82) is 0 Å². The van der Waals surface area contributed by atoms with Crippen molar-refractivity contribution in [2.45, 2.75) is 6.42 Å². The average Bonchev–Trinajstić information content (AvgIpc) is 2.30. The maximum atomic E-state index is 11.3. The van der Waals surface area contributed by atoms with Crippen LogP contribution in [0.1, 0.15) is 22.3 Å². The number of nitrogens with zero attached hydrogens (tertiary/aromatic N) is 1. The van der Waals surface area contributed by atoms with Gasteiger partial charge in [-0.3, -0.25) is 0 Å². The van der Waals surface area contributed by atoms with Crippen LogP contribution in [0.5, 0.6) is 0 Å². The normalized spacial score (nSPS) is 9.12. The number of hydrogen-bond donors (Lipinski definition) is 2. The van der Waals surface area contributed by atoms with Crippen LogP contribution >= 0.6 is 0 Å². The minimum atomic E-state index is -0.521. The summed E-state index contributed by atoms with van der Waals surface area (Å²) in [5.41, 5.74) is 11.7. The molecule has 0 amide bonds. The van der Waals surface area contributed by atoms with E-state index in [4.69, 9.17) is 11.5 Å². The molecule has 4 N–H and O–H groups in total. The molecular formula is C11H13N3O2. The highest BCUT2D eigenvalue weighted by Crippen LogP contribution is 2.11. The smallest absolute Gasteiger partial charge is 0.341 e. The van der Waals surface area contributed by atoms with Gasteiger partial charge in [0.2, 0.25) is 0 Å². The van der Waals surface area contributed by atoms with Crippen LogP contribution in [0.2, 0.25) is 0 Å². The fourth-order valence-electron chi connectivity index (χ4n) is 1.05. The second-order valence-electron chi connectivity index (χ2n) is 2.99. The molecule has 0 unspecified atom stereocenters. The maximum absolute atomic E-state index is 11.3. The SMILES string of the molecule is COC(=O)c1cc(C#CCCN)cnc1N. The number of anilines is 1. The molecule has 0 bridgehead atoms. The largest absolute Gasteiger partial charge is 0.465 e. The van der Waals surface area contributed by atoms with E-state index in [2.05, 4.69) is 21.6 Å². The standard InChI is InChI=1S/C11H13N3O2/c1-16-11(15)9-6-8(4-2-3-5-12)7-14-10(9)13/h6-7H,3,5,12H2,1H3,(H2,13,14). The summed E-state index contributed by atoms with van der Waals surface area (Å²) >= 11 is 0. The number of nitrogen functional groups attached to an aromatic ring is 1. The first-order valence-electron chi connectivity index (χ1n) is 4.71. The van der Waals surface area contributed by atoms with E-state index in [-0.39, 0.29) is 11.4 Å². The summed E-state index contributed by atoms with van der Waals surface area (Å²) < 4.78 is 4.57. The van der Waals surface area contributed by atoms with E-state index >= 15 is 0 Å². The highest BCUT2D eigenvalue weighted by molar-refractivity contribution is 5.94. The first-order chi connectivity index (χ1) is 7.69. The van der Waals surface area contributed by atoms with Crippen LogP contribution in [0.25, 0.3) is 0 Å². The highest BCUT2D eigenvalue weighted by atomic mass is 16.5. The van der Waals surface area contributed by atoms with Gasteiger partial charge in [0.1, 0.15) is 11.4 Å². The summed E-state index contributed by atoms with van der Waals surface area (Å²) in [4.78, 5) is 15.2. The summed E-state index contributed by atoms with van der Waals surface area (Å²) in [6.07, 6.45) is 2.10. The zero-order valence-electron chi connectivity index (χ0n) is 8.99. The fourth-order valence-corrected chi connectivity index (χ4v) is 1.05. The maximum Gasteiger partial charge on any atom is 0.341 e. The van der Waals surface area contributed by atoms with E-state index in [1.807, 2.05) is 0 Å². The molecule has 5 nitrogen and oxygen atoms in total. The van der Waals surface area contributed by atoms with Gasteiger partial charge in [-0.25, -0.2) is 9.78 Å². The first kappa shape index (κ1) is 12.0. The monoisotopic (exact) mass is 219 g/mol. The first-order valence-corrected chi connectivity index (χ1v) is 4.71. The molecule has 0 saturated carbocycles. The zero-order valence-corrected chi connectivity index (χ0v) is 8.99. The Morgan fingerprint density at radius 1 is 1.62 bits per heavy atom. The summed E-state index contributed by atoms with van der Waals surface area (Å²) in [6.45, 7) is 0.499. The summed E-state index contributed by atoms with van der Waals surface area (Å²) in [5.74, 6) is 5.30. The molecule has 0 aliphatic rings. The minimum absolute atomic E-state index is 0.135. The second-order valence-corrected chi connectivity index (χ2v) is 2.99. The van der Waals surface area contributed by atoms with Crippen molar-refractivity contribution < 1.29 is 9.53 Å². The highest BCUT2D eigenvalue weighted by Gasteiger charge is 2.10.